The Morgan fingerprint density at radius 2 is 2.39 bits per heavy atom. The summed E-state index contributed by atoms with van der Waals surface area (Å²) in [5.41, 5.74) is 5.44. The molecule has 2 rings (SSSR count). The summed E-state index contributed by atoms with van der Waals surface area (Å²) in [5, 5.41) is 3.08. The van der Waals surface area contributed by atoms with Crippen molar-refractivity contribution in [2.75, 3.05) is 6.54 Å². The van der Waals surface area contributed by atoms with Gasteiger partial charge < -0.3 is 15.5 Å². The van der Waals surface area contributed by atoms with Gasteiger partial charge in [-0.15, -0.1) is 0 Å². The average molecular weight is 250 g/mol. The van der Waals surface area contributed by atoms with Crippen LogP contribution in [0.3, 0.4) is 0 Å². The third kappa shape index (κ3) is 2.75. The van der Waals surface area contributed by atoms with Gasteiger partial charge in [0.05, 0.1) is 11.7 Å². The molecule has 3 N–H and O–H groups in total. The van der Waals surface area contributed by atoms with Crippen LogP contribution in [0.1, 0.15) is 38.4 Å². The maximum absolute atomic E-state index is 12.1. The van der Waals surface area contributed by atoms with E-state index < -0.39 is 0 Å². The third-order valence-corrected chi connectivity index (χ3v) is 3.96. The topological polar surface area (TPSA) is 68.3 Å². The molecule has 1 saturated carbocycles. The third-order valence-electron chi connectivity index (χ3n) is 3.96. The minimum Gasteiger partial charge on any atom is -0.469 e. The zero-order valence-corrected chi connectivity index (χ0v) is 10.9. The van der Waals surface area contributed by atoms with Gasteiger partial charge in [0.2, 0.25) is 5.91 Å². The molecule has 1 atom stereocenters. The van der Waals surface area contributed by atoms with Crippen molar-refractivity contribution in [1.82, 2.24) is 5.32 Å². The van der Waals surface area contributed by atoms with E-state index in [9.17, 15) is 4.79 Å². The maximum atomic E-state index is 12.1. The van der Waals surface area contributed by atoms with E-state index in [4.69, 9.17) is 10.2 Å². The predicted molar refractivity (Wildman–Crippen MR) is 70.0 cm³/mol. The lowest BCUT2D eigenvalue weighted by Gasteiger charge is -2.39. The molecule has 0 aromatic carbocycles. The molecular formula is C14H22N2O2. The summed E-state index contributed by atoms with van der Waals surface area (Å²) in [6.45, 7) is 2.49. The van der Waals surface area contributed by atoms with Crippen LogP contribution >= 0.6 is 0 Å². The quantitative estimate of drug-likeness (QED) is 0.809. The average Bonchev–Trinajstić information content (AvgIpc) is 2.78. The summed E-state index contributed by atoms with van der Waals surface area (Å²) in [6, 6.07) is 4.00. The van der Waals surface area contributed by atoms with E-state index in [-0.39, 0.29) is 17.4 Å². The highest BCUT2D eigenvalue weighted by Crippen LogP contribution is 2.40. The first-order valence-electron chi connectivity index (χ1n) is 6.70. The second-order valence-corrected chi connectivity index (χ2v) is 5.33. The van der Waals surface area contributed by atoms with Gasteiger partial charge in [0, 0.05) is 19.0 Å². The molecule has 0 radical (unpaired) electrons. The van der Waals surface area contributed by atoms with Crippen LogP contribution in [0.4, 0.5) is 0 Å². The van der Waals surface area contributed by atoms with Crippen LogP contribution < -0.4 is 11.1 Å². The lowest BCUT2D eigenvalue weighted by molar-refractivity contribution is -0.135. The van der Waals surface area contributed by atoms with Crippen molar-refractivity contribution in [3.8, 4) is 0 Å². The molecule has 0 spiro atoms. The minimum absolute atomic E-state index is 0.128. The van der Waals surface area contributed by atoms with E-state index in [1.54, 1.807) is 6.26 Å². The number of hydrogen-bond donors (Lipinski definition) is 2. The predicted octanol–water partition coefficient (Wildman–Crippen LogP) is 1.85. The smallest absolute Gasteiger partial charge is 0.227 e. The van der Waals surface area contributed by atoms with Gasteiger partial charge in [0.1, 0.15) is 5.76 Å². The summed E-state index contributed by atoms with van der Waals surface area (Å²) in [4.78, 5) is 12.1. The van der Waals surface area contributed by atoms with Crippen LogP contribution in [0, 0.1) is 5.41 Å². The van der Waals surface area contributed by atoms with Crippen molar-refractivity contribution < 1.29 is 9.21 Å². The fourth-order valence-corrected chi connectivity index (χ4v) is 2.39. The van der Waals surface area contributed by atoms with E-state index in [2.05, 4.69) is 5.32 Å². The van der Waals surface area contributed by atoms with Gasteiger partial charge in [-0.05, 0) is 38.3 Å². The number of amides is 1. The molecule has 18 heavy (non-hydrogen) atoms. The number of furan rings is 1. The van der Waals surface area contributed by atoms with Gasteiger partial charge in [-0.1, -0.05) is 6.42 Å². The van der Waals surface area contributed by atoms with E-state index in [1.165, 1.54) is 0 Å². The van der Waals surface area contributed by atoms with E-state index in [1.807, 2.05) is 19.1 Å². The van der Waals surface area contributed by atoms with Crippen molar-refractivity contribution in [3.05, 3.63) is 24.2 Å². The van der Waals surface area contributed by atoms with Crippen molar-refractivity contribution >= 4 is 5.91 Å². The molecular weight excluding hydrogens is 228 g/mol. The molecule has 1 amide bonds. The van der Waals surface area contributed by atoms with Crippen molar-refractivity contribution in [1.29, 1.82) is 0 Å². The van der Waals surface area contributed by atoms with Crippen LogP contribution in [-0.2, 0) is 11.2 Å². The molecule has 0 bridgehead atoms. The fraction of sp³-hybridized carbons (Fsp3) is 0.643. The Morgan fingerprint density at radius 1 is 1.61 bits per heavy atom. The lowest BCUT2D eigenvalue weighted by atomic mass is 9.68. The number of rotatable bonds is 6. The van der Waals surface area contributed by atoms with Gasteiger partial charge in [-0.25, -0.2) is 0 Å². The Morgan fingerprint density at radius 3 is 2.89 bits per heavy atom. The van der Waals surface area contributed by atoms with Crippen LogP contribution in [0.25, 0.3) is 0 Å². The normalized spacial score (nSPS) is 19.0. The van der Waals surface area contributed by atoms with E-state index >= 15 is 0 Å². The highest BCUT2D eigenvalue weighted by Gasteiger charge is 2.42. The molecule has 1 aliphatic rings. The van der Waals surface area contributed by atoms with Crippen LogP contribution in [0.5, 0.6) is 0 Å². The molecule has 4 nitrogen and oxygen atoms in total. The van der Waals surface area contributed by atoms with Gasteiger partial charge in [-0.2, -0.15) is 0 Å². The first-order valence-corrected chi connectivity index (χ1v) is 6.70. The van der Waals surface area contributed by atoms with Gasteiger partial charge in [0.25, 0.3) is 0 Å². The summed E-state index contributed by atoms with van der Waals surface area (Å²) < 4.78 is 5.28. The second-order valence-electron chi connectivity index (χ2n) is 5.33. The van der Waals surface area contributed by atoms with Crippen molar-refractivity contribution in [2.45, 2.75) is 45.1 Å². The molecule has 0 aliphatic heterocycles. The zero-order valence-electron chi connectivity index (χ0n) is 10.9. The molecule has 1 heterocycles. The van der Waals surface area contributed by atoms with Crippen molar-refractivity contribution in [3.63, 3.8) is 0 Å². The first kappa shape index (κ1) is 13.1. The molecule has 1 unspecified atom stereocenters. The number of nitrogens with two attached hydrogens (primary N) is 1. The van der Waals surface area contributed by atoms with Crippen LogP contribution in [0.2, 0.25) is 0 Å². The summed E-state index contributed by atoms with van der Waals surface area (Å²) in [6.07, 6.45) is 6.40. The Balaban J connectivity index is 1.76. The molecule has 1 aromatic heterocycles. The van der Waals surface area contributed by atoms with Gasteiger partial charge in [-0.3, -0.25) is 4.79 Å². The van der Waals surface area contributed by atoms with Crippen LogP contribution in [0.15, 0.2) is 22.8 Å². The number of hydrogen-bond acceptors (Lipinski definition) is 3. The molecule has 1 aromatic rings. The lowest BCUT2D eigenvalue weighted by Crippen LogP contribution is -2.52. The minimum atomic E-state index is -0.279. The van der Waals surface area contributed by atoms with E-state index in [0.29, 0.717) is 6.54 Å². The maximum Gasteiger partial charge on any atom is 0.227 e. The summed E-state index contributed by atoms with van der Waals surface area (Å²) in [7, 11) is 0. The molecule has 4 heteroatoms. The zero-order chi connectivity index (χ0) is 13.0. The largest absolute Gasteiger partial charge is 0.469 e. The van der Waals surface area contributed by atoms with Gasteiger partial charge >= 0.3 is 0 Å². The molecule has 1 fully saturated rings. The highest BCUT2D eigenvalue weighted by atomic mass is 16.3. The number of carbonyl (C=O) groups is 1. The Hall–Kier alpha value is -1.29. The second kappa shape index (κ2) is 5.57. The Bertz CT molecular complexity index is 377. The molecule has 1 aliphatic carbocycles. The number of nitrogens with one attached hydrogen (secondary N) is 1. The summed E-state index contributed by atoms with van der Waals surface area (Å²) >= 11 is 0. The number of carbonyl (C=O) groups excluding carboxylic acids is 1. The molecule has 100 valence electrons. The summed E-state index contributed by atoms with van der Waals surface area (Å²) in [5.74, 6) is 1.09. The molecule has 0 saturated heterocycles. The Kier molecular flexibility index (Phi) is 4.07. The SMILES string of the molecule is CC(CCc1ccco1)NC(=O)C1(CN)CCC1. The van der Waals surface area contributed by atoms with Crippen LogP contribution in [-0.4, -0.2) is 18.5 Å². The van der Waals surface area contributed by atoms with Crippen molar-refractivity contribution in [2.24, 2.45) is 11.1 Å². The van der Waals surface area contributed by atoms with Gasteiger partial charge in [0.15, 0.2) is 0 Å². The standard InChI is InChI=1S/C14H22N2O2/c1-11(5-6-12-4-2-9-18-12)16-13(17)14(10-15)7-3-8-14/h2,4,9,11H,3,5-8,10,15H2,1H3,(H,16,17). The Labute approximate surface area is 108 Å². The fourth-order valence-electron chi connectivity index (χ4n) is 2.39. The van der Waals surface area contributed by atoms with E-state index in [0.717, 1.165) is 37.9 Å². The monoisotopic (exact) mass is 250 g/mol. The number of aryl methyl sites for hydroxylation is 1. The first-order chi connectivity index (χ1) is 8.66. The highest BCUT2D eigenvalue weighted by molar-refractivity contribution is 5.84.